The SMILES string of the molecule is N[C@@H](Cc1ccc(O)cc1)C(=O)N1CCC[C@@H]1C(=O)N[C@H](Cc1c[nH]c2ccccc12)C(=O)N[C@@H](Cc1ccccc1)C(=O)NCC(=O)O. The smallest absolute Gasteiger partial charge is 0.322 e. The topological polar surface area (TPSA) is 207 Å². The molecule has 2 heterocycles. The van der Waals surface area contributed by atoms with Gasteiger partial charge in [0.05, 0.1) is 6.04 Å². The van der Waals surface area contributed by atoms with Gasteiger partial charge in [0.15, 0.2) is 0 Å². The summed E-state index contributed by atoms with van der Waals surface area (Å²) in [6.45, 7) is -0.307. The number of carboxylic acid groups (broad SMARTS) is 1. The fourth-order valence-corrected chi connectivity index (χ4v) is 6.10. The predicted molar refractivity (Wildman–Crippen MR) is 181 cm³/mol. The lowest BCUT2D eigenvalue weighted by Crippen LogP contribution is -2.58. The summed E-state index contributed by atoms with van der Waals surface area (Å²) in [5.74, 6) is -3.41. The van der Waals surface area contributed by atoms with E-state index < -0.39 is 60.3 Å². The van der Waals surface area contributed by atoms with E-state index in [0.717, 1.165) is 27.6 Å². The predicted octanol–water partition coefficient (Wildman–Crippen LogP) is 1.39. The van der Waals surface area contributed by atoms with Crippen molar-refractivity contribution in [3.8, 4) is 5.75 Å². The van der Waals surface area contributed by atoms with Gasteiger partial charge >= 0.3 is 5.97 Å². The fraction of sp³-hybridized carbons (Fsp3) is 0.306. The number of benzene rings is 3. The number of carboxylic acids is 1. The van der Waals surface area contributed by atoms with Crippen LogP contribution >= 0.6 is 0 Å². The number of nitrogens with one attached hydrogen (secondary N) is 4. The molecule has 8 N–H and O–H groups in total. The highest BCUT2D eigenvalue weighted by atomic mass is 16.4. The van der Waals surface area contributed by atoms with Crippen LogP contribution in [0.4, 0.5) is 0 Å². The van der Waals surface area contributed by atoms with Crippen LogP contribution in [-0.2, 0) is 43.2 Å². The van der Waals surface area contributed by atoms with E-state index in [4.69, 9.17) is 10.8 Å². The molecule has 0 radical (unpaired) electrons. The van der Waals surface area contributed by atoms with Crippen LogP contribution < -0.4 is 21.7 Å². The molecule has 13 nitrogen and oxygen atoms in total. The second-order valence-electron chi connectivity index (χ2n) is 12.2. The van der Waals surface area contributed by atoms with E-state index in [1.165, 1.54) is 17.0 Å². The van der Waals surface area contributed by atoms with Crippen LogP contribution in [0.3, 0.4) is 0 Å². The molecule has 1 aliphatic heterocycles. The van der Waals surface area contributed by atoms with Gasteiger partial charge in [0.25, 0.3) is 0 Å². The molecule has 49 heavy (non-hydrogen) atoms. The number of nitrogens with zero attached hydrogens (tertiary/aromatic N) is 1. The fourth-order valence-electron chi connectivity index (χ4n) is 6.10. The Morgan fingerprint density at radius 3 is 2.24 bits per heavy atom. The van der Waals surface area contributed by atoms with Crippen molar-refractivity contribution in [3.63, 3.8) is 0 Å². The average Bonchev–Trinajstić information content (AvgIpc) is 3.75. The van der Waals surface area contributed by atoms with Gasteiger partial charge in [-0.05, 0) is 54.2 Å². The summed E-state index contributed by atoms with van der Waals surface area (Å²) in [6.07, 6.45) is 3.05. The van der Waals surface area contributed by atoms with Crippen LogP contribution in [0, 0.1) is 0 Å². The molecule has 13 heteroatoms. The highest BCUT2D eigenvalue weighted by Gasteiger charge is 2.38. The molecule has 4 amide bonds. The Morgan fingerprint density at radius 1 is 0.837 bits per heavy atom. The molecule has 4 aromatic rings. The summed E-state index contributed by atoms with van der Waals surface area (Å²) in [5, 5.41) is 27.5. The number of hydrogen-bond donors (Lipinski definition) is 7. The summed E-state index contributed by atoms with van der Waals surface area (Å²) < 4.78 is 0. The minimum Gasteiger partial charge on any atom is -0.508 e. The van der Waals surface area contributed by atoms with Gasteiger partial charge in [-0.2, -0.15) is 0 Å². The van der Waals surface area contributed by atoms with Crippen LogP contribution in [-0.4, -0.2) is 87.0 Å². The molecule has 1 saturated heterocycles. The Bertz CT molecular complexity index is 1790. The molecule has 3 aromatic carbocycles. The molecule has 0 unspecified atom stereocenters. The van der Waals surface area contributed by atoms with Crippen LogP contribution in [0.2, 0.25) is 0 Å². The van der Waals surface area contributed by atoms with Crippen molar-refractivity contribution in [1.29, 1.82) is 0 Å². The van der Waals surface area contributed by atoms with E-state index in [9.17, 15) is 29.1 Å². The molecule has 1 fully saturated rings. The van der Waals surface area contributed by atoms with Crippen LogP contribution in [0.25, 0.3) is 10.9 Å². The van der Waals surface area contributed by atoms with Crippen LogP contribution in [0.5, 0.6) is 5.75 Å². The van der Waals surface area contributed by atoms with Gasteiger partial charge in [0.1, 0.15) is 30.4 Å². The Hall–Kier alpha value is -5.69. The second-order valence-corrected chi connectivity index (χ2v) is 12.2. The number of phenols is 1. The number of aromatic nitrogens is 1. The van der Waals surface area contributed by atoms with E-state index >= 15 is 0 Å². The summed E-state index contributed by atoms with van der Waals surface area (Å²) in [6, 6.07) is 18.8. The Labute approximate surface area is 282 Å². The number of aliphatic carboxylic acids is 1. The Morgan fingerprint density at radius 2 is 1.51 bits per heavy atom. The molecular formula is C36H40N6O7. The number of carbonyl (C=O) groups is 5. The van der Waals surface area contributed by atoms with Gasteiger partial charge < -0.3 is 41.8 Å². The minimum atomic E-state index is -1.24. The third-order valence-electron chi connectivity index (χ3n) is 8.61. The van der Waals surface area contributed by atoms with E-state index in [2.05, 4.69) is 20.9 Å². The zero-order valence-corrected chi connectivity index (χ0v) is 26.8. The third kappa shape index (κ3) is 9.02. The minimum absolute atomic E-state index is 0.0669. The first-order chi connectivity index (χ1) is 23.6. The lowest BCUT2D eigenvalue weighted by atomic mass is 10.0. The quantitative estimate of drug-likeness (QED) is 0.104. The van der Waals surface area contributed by atoms with Crippen molar-refractivity contribution in [2.24, 2.45) is 5.73 Å². The lowest BCUT2D eigenvalue weighted by Gasteiger charge is -2.29. The number of para-hydroxylation sites is 1. The number of likely N-dealkylation sites (tertiary alicyclic amines) is 1. The number of H-pyrrole nitrogens is 1. The van der Waals surface area contributed by atoms with Crippen molar-refractivity contribution >= 4 is 40.5 Å². The van der Waals surface area contributed by atoms with Gasteiger partial charge in [-0.25, -0.2) is 0 Å². The Kier molecular flexibility index (Phi) is 11.3. The van der Waals surface area contributed by atoms with Crippen molar-refractivity contribution in [3.05, 3.63) is 102 Å². The average molecular weight is 669 g/mol. The normalized spacial score (nSPS) is 16.0. The number of hydrogen-bond acceptors (Lipinski definition) is 7. The zero-order chi connectivity index (χ0) is 34.9. The van der Waals surface area contributed by atoms with Gasteiger partial charge in [-0.15, -0.1) is 0 Å². The first-order valence-electron chi connectivity index (χ1n) is 16.1. The molecule has 5 rings (SSSR count). The van der Waals surface area contributed by atoms with Crippen molar-refractivity contribution in [2.45, 2.75) is 56.3 Å². The first-order valence-corrected chi connectivity index (χ1v) is 16.1. The van der Waals surface area contributed by atoms with Gasteiger partial charge in [0, 0.05) is 36.5 Å². The number of aromatic hydroxyl groups is 1. The number of fused-ring (bicyclic) bond motifs is 1. The van der Waals surface area contributed by atoms with E-state index in [1.807, 2.05) is 30.3 Å². The molecule has 0 spiro atoms. The van der Waals surface area contributed by atoms with Crippen molar-refractivity contribution in [2.75, 3.05) is 13.1 Å². The van der Waals surface area contributed by atoms with Gasteiger partial charge in [0.2, 0.25) is 23.6 Å². The monoisotopic (exact) mass is 668 g/mol. The number of phenolic OH excluding ortho intramolecular Hbond substituents is 1. The maximum absolute atomic E-state index is 14.0. The number of rotatable bonds is 14. The van der Waals surface area contributed by atoms with E-state index in [1.54, 1.807) is 42.6 Å². The molecule has 256 valence electrons. The largest absolute Gasteiger partial charge is 0.508 e. The maximum atomic E-state index is 14.0. The zero-order valence-electron chi connectivity index (χ0n) is 26.8. The summed E-state index contributed by atoms with van der Waals surface area (Å²) >= 11 is 0. The summed E-state index contributed by atoms with van der Waals surface area (Å²) in [5.41, 5.74) is 9.37. The van der Waals surface area contributed by atoms with Crippen molar-refractivity contribution in [1.82, 2.24) is 25.8 Å². The molecule has 0 aliphatic carbocycles. The maximum Gasteiger partial charge on any atom is 0.322 e. The Balaban J connectivity index is 1.35. The molecule has 0 saturated carbocycles. The van der Waals surface area contributed by atoms with E-state index in [-0.39, 0.29) is 25.0 Å². The molecule has 1 aliphatic rings. The second kappa shape index (κ2) is 15.9. The summed E-state index contributed by atoms with van der Waals surface area (Å²) in [7, 11) is 0. The first kappa shape index (κ1) is 34.6. The molecular weight excluding hydrogens is 628 g/mol. The standard InChI is InChI=1S/C36H40N6O7/c37-27(17-23-12-14-25(43)15-13-23)36(49)42-16-6-11-31(42)35(48)41-30(19-24-20-38-28-10-5-4-9-26(24)28)34(47)40-29(33(46)39-21-32(44)45)18-22-7-2-1-3-8-22/h1-5,7-10,12-15,20,27,29-31,38,43H,6,11,16-19,21,37H2,(H,39,46)(H,40,47)(H,41,48)(H,44,45)/t27-,29-,30+,31+/m0/s1. The summed E-state index contributed by atoms with van der Waals surface area (Å²) in [4.78, 5) is 70.2. The number of amides is 4. The molecule has 4 atom stereocenters. The molecule has 0 bridgehead atoms. The highest BCUT2D eigenvalue weighted by Crippen LogP contribution is 2.22. The van der Waals surface area contributed by atoms with Crippen LogP contribution in [0.1, 0.15) is 29.5 Å². The third-order valence-corrected chi connectivity index (χ3v) is 8.61. The molecule has 1 aromatic heterocycles. The number of aromatic amines is 1. The lowest BCUT2D eigenvalue weighted by molar-refractivity contribution is -0.140. The number of carbonyl (C=O) groups excluding carboxylic acids is 4. The number of nitrogens with two attached hydrogens (primary N) is 1. The van der Waals surface area contributed by atoms with Crippen LogP contribution in [0.15, 0.2) is 85.1 Å². The van der Waals surface area contributed by atoms with Crippen molar-refractivity contribution < 1.29 is 34.2 Å². The highest BCUT2D eigenvalue weighted by molar-refractivity contribution is 5.96. The van der Waals surface area contributed by atoms with E-state index in [0.29, 0.717) is 19.4 Å². The van der Waals surface area contributed by atoms with Gasteiger partial charge in [-0.1, -0.05) is 60.7 Å². The van der Waals surface area contributed by atoms with Gasteiger partial charge in [-0.3, -0.25) is 24.0 Å².